The van der Waals surface area contributed by atoms with Gasteiger partial charge in [-0.05, 0) is 22.6 Å². The molecule has 0 unspecified atom stereocenters. The SMILES string of the molecule is NNOC(=O)CCSc1nnnn1-c1ccccc1. The number of aromatic nitrogens is 4. The molecule has 100 valence electrons. The van der Waals surface area contributed by atoms with E-state index in [1.54, 1.807) is 4.68 Å². The van der Waals surface area contributed by atoms with E-state index in [0.717, 1.165) is 5.69 Å². The maximum atomic E-state index is 11.1. The summed E-state index contributed by atoms with van der Waals surface area (Å²) in [6.45, 7) is 0. The number of nitrogens with zero attached hydrogens (tertiary/aromatic N) is 4. The summed E-state index contributed by atoms with van der Waals surface area (Å²) in [4.78, 5) is 15.5. The lowest BCUT2D eigenvalue weighted by atomic mass is 10.3. The van der Waals surface area contributed by atoms with E-state index in [0.29, 0.717) is 10.9 Å². The highest BCUT2D eigenvalue weighted by molar-refractivity contribution is 7.99. The van der Waals surface area contributed by atoms with Gasteiger partial charge in [-0.25, -0.2) is 5.84 Å². The molecule has 0 radical (unpaired) electrons. The number of para-hydroxylation sites is 1. The Labute approximate surface area is 113 Å². The molecule has 0 aliphatic carbocycles. The minimum atomic E-state index is -0.436. The summed E-state index contributed by atoms with van der Waals surface area (Å²) in [7, 11) is 0. The first-order valence-corrected chi connectivity index (χ1v) is 6.41. The van der Waals surface area contributed by atoms with Crippen molar-refractivity contribution in [3.63, 3.8) is 0 Å². The van der Waals surface area contributed by atoms with Gasteiger partial charge in [0.15, 0.2) is 0 Å². The number of rotatable bonds is 6. The molecule has 3 N–H and O–H groups in total. The Morgan fingerprint density at radius 2 is 2.21 bits per heavy atom. The Hall–Kier alpha value is -1.97. The van der Waals surface area contributed by atoms with Crippen molar-refractivity contribution in [2.45, 2.75) is 11.6 Å². The van der Waals surface area contributed by atoms with Crippen molar-refractivity contribution < 1.29 is 9.63 Å². The van der Waals surface area contributed by atoms with Crippen molar-refractivity contribution in [2.24, 2.45) is 5.84 Å². The maximum absolute atomic E-state index is 11.1. The lowest BCUT2D eigenvalue weighted by molar-refractivity contribution is -0.150. The zero-order valence-corrected chi connectivity index (χ0v) is 10.7. The van der Waals surface area contributed by atoms with Crippen LogP contribution in [0.1, 0.15) is 6.42 Å². The van der Waals surface area contributed by atoms with Crippen LogP contribution in [0, 0.1) is 0 Å². The van der Waals surface area contributed by atoms with Crippen LogP contribution in [-0.4, -0.2) is 31.9 Å². The Balaban J connectivity index is 1.95. The molecule has 0 saturated heterocycles. The molecule has 19 heavy (non-hydrogen) atoms. The molecule has 2 aromatic rings. The van der Waals surface area contributed by atoms with Crippen LogP contribution in [0.25, 0.3) is 5.69 Å². The number of tetrazole rings is 1. The van der Waals surface area contributed by atoms with Gasteiger partial charge in [0, 0.05) is 5.75 Å². The first-order chi connectivity index (χ1) is 9.31. The maximum Gasteiger partial charge on any atom is 0.327 e. The average molecular weight is 280 g/mol. The predicted molar refractivity (Wildman–Crippen MR) is 67.9 cm³/mol. The van der Waals surface area contributed by atoms with Crippen LogP contribution in [-0.2, 0) is 9.63 Å². The van der Waals surface area contributed by atoms with Gasteiger partial charge >= 0.3 is 5.97 Å². The number of hydrogen-bond donors (Lipinski definition) is 2. The molecule has 2 rings (SSSR count). The zero-order valence-electron chi connectivity index (χ0n) is 9.89. The molecule has 0 saturated carbocycles. The van der Waals surface area contributed by atoms with Gasteiger partial charge in [-0.3, -0.25) is 4.79 Å². The minimum Gasteiger partial charge on any atom is -0.356 e. The number of thioether (sulfide) groups is 1. The van der Waals surface area contributed by atoms with Gasteiger partial charge in [-0.15, -0.1) is 5.10 Å². The number of hydrazine groups is 1. The second-order valence-electron chi connectivity index (χ2n) is 3.40. The second-order valence-corrected chi connectivity index (χ2v) is 4.46. The quantitative estimate of drug-likeness (QED) is 0.434. The summed E-state index contributed by atoms with van der Waals surface area (Å²) < 4.78 is 1.61. The number of benzene rings is 1. The number of hydrogen-bond acceptors (Lipinski definition) is 8. The van der Waals surface area contributed by atoms with E-state index in [9.17, 15) is 4.79 Å². The van der Waals surface area contributed by atoms with Gasteiger partial charge in [-0.1, -0.05) is 35.6 Å². The van der Waals surface area contributed by atoms with E-state index >= 15 is 0 Å². The summed E-state index contributed by atoms with van der Waals surface area (Å²) in [5.74, 6) is 4.92. The lowest BCUT2D eigenvalue weighted by Gasteiger charge is -2.03. The van der Waals surface area contributed by atoms with Crippen LogP contribution < -0.4 is 11.4 Å². The van der Waals surface area contributed by atoms with E-state index in [-0.39, 0.29) is 6.42 Å². The molecule has 9 heteroatoms. The Morgan fingerprint density at radius 3 is 2.95 bits per heavy atom. The lowest BCUT2D eigenvalue weighted by Crippen LogP contribution is -2.26. The van der Waals surface area contributed by atoms with Crippen LogP contribution >= 0.6 is 11.8 Å². The molecule has 8 nitrogen and oxygen atoms in total. The fourth-order valence-electron chi connectivity index (χ4n) is 1.34. The van der Waals surface area contributed by atoms with E-state index in [4.69, 9.17) is 5.84 Å². The summed E-state index contributed by atoms with van der Waals surface area (Å²) in [5.41, 5.74) is 2.71. The van der Waals surface area contributed by atoms with Crippen molar-refractivity contribution in [1.82, 2.24) is 25.8 Å². The molecule has 1 heterocycles. The van der Waals surface area contributed by atoms with Gasteiger partial charge < -0.3 is 4.84 Å². The molecule has 0 amide bonds. The highest BCUT2D eigenvalue weighted by Gasteiger charge is 2.10. The van der Waals surface area contributed by atoms with Gasteiger partial charge in [-0.2, -0.15) is 4.68 Å². The first-order valence-electron chi connectivity index (χ1n) is 5.43. The number of nitrogens with two attached hydrogens (primary N) is 1. The second kappa shape index (κ2) is 6.83. The van der Waals surface area contributed by atoms with Crippen molar-refractivity contribution in [2.75, 3.05) is 5.75 Å². The van der Waals surface area contributed by atoms with Crippen LogP contribution in [0.15, 0.2) is 35.5 Å². The summed E-state index contributed by atoms with van der Waals surface area (Å²) >= 11 is 1.36. The van der Waals surface area contributed by atoms with Gasteiger partial charge in [0.25, 0.3) is 0 Å². The van der Waals surface area contributed by atoms with E-state index in [2.05, 4.69) is 20.4 Å². The predicted octanol–water partition coefficient (Wildman–Crippen LogP) is 0.0660. The van der Waals surface area contributed by atoms with Crippen LogP contribution in [0.3, 0.4) is 0 Å². The third-order valence-corrected chi connectivity index (χ3v) is 3.07. The summed E-state index contributed by atoms with van der Waals surface area (Å²) in [5, 5.41) is 12.1. The van der Waals surface area contributed by atoms with Crippen LogP contribution in [0.2, 0.25) is 0 Å². The molecular formula is C10H12N6O2S. The standard InChI is InChI=1S/C10H12N6O2S/c11-13-18-9(17)6-7-19-10-12-14-15-16(10)8-4-2-1-3-5-8/h1-5,13H,6-7,11H2. The highest BCUT2D eigenvalue weighted by Crippen LogP contribution is 2.18. The fourth-order valence-corrected chi connectivity index (χ4v) is 2.15. The number of carbonyl (C=O) groups is 1. The van der Waals surface area contributed by atoms with Gasteiger partial charge in [0.05, 0.1) is 12.1 Å². The van der Waals surface area contributed by atoms with Gasteiger partial charge in [0.1, 0.15) is 0 Å². The Bertz CT molecular complexity index is 532. The van der Waals surface area contributed by atoms with Crippen LogP contribution in [0.4, 0.5) is 0 Å². The van der Waals surface area contributed by atoms with Crippen molar-refractivity contribution >= 4 is 17.7 Å². The fraction of sp³-hybridized carbons (Fsp3) is 0.200. The molecule has 0 aliphatic rings. The highest BCUT2D eigenvalue weighted by atomic mass is 32.2. The number of nitrogens with one attached hydrogen (secondary N) is 1. The molecule has 0 bridgehead atoms. The third kappa shape index (κ3) is 3.74. The third-order valence-electron chi connectivity index (χ3n) is 2.15. The Morgan fingerprint density at radius 1 is 1.42 bits per heavy atom. The molecule has 1 aromatic carbocycles. The zero-order chi connectivity index (χ0) is 13.5. The van der Waals surface area contributed by atoms with Crippen molar-refractivity contribution in [1.29, 1.82) is 0 Å². The largest absolute Gasteiger partial charge is 0.356 e. The molecule has 1 aromatic heterocycles. The molecule has 0 spiro atoms. The van der Waals surface area contributed by atoms with Crippen molar-refractivity contribution in [3.05, 3.63) is 30.3 Å². The van der Waals surface area contributed by atoms with Gasteiger partial charge in [0.2, 0.25) is 5.16 Å². The van der Waals surface area contributed by atoms with E-state index < -0.39 is 5.97 Å². The molecule has 0 atom stereocenters. The normalized spacial score (nSPS) is 10.4. The smallest absolute Gasteiger partial charge is 0.327 e. The first kappa shape index (κ1) is 13.5. The monoisotopic (exact) mass is 280 g/mol. The minimum absolute atomic E-state index is 0.205. The van der Waals surface area contributed by atoms with E-state index in [1.807, 2.05) is 35.9 Å². The molecular weight excluding hydrogens is 268 g/mol. The summed E-state index contributed by atoms with van der Waals surface area (Å²) in [6.07, 6.45) is 0.205. The molecule has 0 aliphatic heterocycles. The topological polar surface area (TPSA) is 108 Å². The summed E-state index contributed by atoms with van der Waals surface area (Å²) in [6, 6.07) is 9.50. The van der Waals surface area contributed by atoms with Crippen LogP contribution in [0.5, 0.6) is 0 Å². The Kier molecular flexibility index (Phi) is 4.84. The molecule has 0 fully saturated rings. The van der Waals surface area contributed by atoms with Crippen molar-refractivity contribution in [3.8, 4) is 5.69 Å². The van der Waals surface area contributed by atoms with E-state index in [1.165, 1.54) is 11.8 Å². The number of carbonyl (C=O) groups excluding carboxylic acids is 1. The average Bonchev–Trinajstić information content (AvgIpc) is 2.88.